The number of phenols is 1. The Labute approximate surface area is 202 Å². The van der Waals surface area contributed by atoms with Crippen LogP contribution >= 0.6 is 0 Å². The number of methoxy groups -OCH3 is 1. The molecule has 7 nitrogen and oxygen atoms in total. The number of ether oxygens (including phenoxy) is 2. The zero-order valence-corrected chi connectivity index (χ0v) is 19.4. The molecule has 178 valence electrons. The first-order chi connectivity index (χ1) is 16.9. The molecule has 0 radical (unpaired) electrons. The second kappa shape index (κ2) is 8.83. The second-order valence-electron chi connectivity index (χ2n) is 8.80. The molecule has 2 heterocycles. The van der Waals surface area contributed by atoms with Gasteiger partial charge < -0.3 is 24.6 Å². The molecule has 2 aliphatic rings. The predicted molar refractivity (Wildman–Crippen MR) is 129 cm³/mol. The smallest absolute Gasteiger partial charge is 0.295 e. The molecule has 2 atom stereocenters. The highest BCUT2D eigenvalue weighted by Gasteiger charge is 2.46. The Bertz CT molecular complexity index is 1350. The number of hydrogen-bond donors (Lipinski definition) is 2. The first kappa shape index (κ1) is 22.5. The molecule has 3 aromatic carbocycles. The summed E-state index contributed by atoms with van der Waals surface area (Å²) < 4.78 is 11.0. The number of benzene rings is 3. The fourth-order valence-corrected chi connectivity index (χ4v) is 4.76. The summed E-state index contributed by atoms with van der Waals surface area (Å²) in [5.74, 6) is -0.830. The number of Topliss-reactive ketones (excluding diaryl/α,β-unsaturated/α-hetero) is 1. The van der Waals surface area contributed by atoms with Gasteiger partial charge in [0, 0.05) is 18.5 Å². The van der Waals surface area contributed by atoms with Gasteiger partial charge in [0.25, 0.3) is 11.7 Å². The van der Waals surface area contributed by atoms with E-state index in [1.54, 1.807) is 30.3 Å². The van der Waals surface area contributed by atoms with Crippen molar-refractivity contribution >= 4 is 17.4 Å². The molecule has 1 saturated heterocycles. The number of nitrogens with zero attached hydrogens (tertiary/aromatic N) is 1. The molecule has 2 N–H and O–H groups in total. The number of rotatable bonds is 5. The molecule has 0 aliphatic carbocycles. The van der Waals surface area contributed by atoms with Gasteiger partial charge in [-0.05, 0) is 53.9 Å². The van der Waals surface area contributed by atoms with E-state index >= 15 is 0 Å². The van der Waals surface area contributed by atoms with Gasteiger partial charge in [0.2, 0.25) is 0 Å². The Kier molecular flexibility index (Phi) is 5.68. The average molecular weight is 472 g/mol. The molecule has 0 bridgehead atoms. The van der Waals surface area contributed by atoms with Crippen molar-refractivity contribution in [2.45, 2.75) is 32.0 Å². The van der Waals surface area contributed by atoms with Gasteiger partial charge in [0.1, 0.15) is 17.6 Å². The summed E-state index contributed by atoms with van der Waals surface area (Å²) in [6, 6.07) is 18.4. The van der Waals surface area contributed by atoms with Gasteiger partial charge in [-0.1, -0.05) is 36.4 Å². The van der Waals surface area contributed by atoms with Crippen LogP contribution in [0.5, 0.6) is 17.2 Å². The minimum absolute atomic E-state index is 0.00872. The Morgan fingerprint density at radius 2 is 1.86 bits per heavy atom. The van der Waals surface area contributed by atoms with Gasteiger partial charge in [-0.2, -0.15) is 0 Å². The van der Waals surface area contributed by atoms with Crippen molar-refractivity contribution in [2.24, 2.45) is 0 Å². The number of aromatic hydroxyl groups is 1. The topological polar surface area (TPSA) is 96.3 Å². The largest absolute Gasteiger partial charge is 0.507 e. The van der Waals surface area contributed by atoms with Crippen LogP contribution < -0.4 is 9.47 Å². The first-order valence-corrected chi connectivity index (χ1v) is 11.4. The van der Waals surface area contributed by atoms with E-state index in [0.29, 0.717) is 17.5 Å². The van der Waals surface area contributed by atoms with E-state index in [4.69, 9.17) is 9.47 Å². The van der Waals surface area contributed by atoms with E-state index in [9.17, 15) is 19.8 Å². The van der Waals surface area contributed by atoms with Crippen molar-refractivity contribution in [3.8, 4) is 17.2 Å². The van der Waals surface area contributed by atoms with Crippen LogP contribution in [0.3, 0.4) is 0 Å². The highest BCUT2D eigenvalue weighted by molar-refractivity contribution is 6.46. The van der Waals surface area contributed by atoms with Gasteiger partial charge in [-0.3, -0.25) is 9.59 Å². The molecule has 0 spiro atoms. The Morgan fingerprint density at radius 3 is 2.60 bits per heavy atom. The second-order valence-corrected chi connectivity index (χ2v) is 8.80. The lowest BCUT2D eigenvalue weighted by atomic mass is 9.94. The van der Waals surface area contributed by atoms with Crippen LogP contribution in [-0.2, 0) is 22.6 Å². The number of carbonyl (C=O) groups is 2. The van der Waals surface area contributed by atoms with Gasteiger partial charge >= 0.3 is 0 Å². The van der Waals surface area contributed by atoms with E-state index < -0.39 is 17.7 Å². The normalized spacial score (nSPS) is 20.6. The number of aliphatic hydroxyl groups excluding tert-OH is 1. The highest BCUT2D eigenvalue weighted by Crippen LogP contribution is 2.43. The van der Waals surface area contributed by atoms with E-state index in [1.807, 2.05) is 37.3 Å². The van der Waals surface area contributed by atoms with Gasteiger partial charge in [0.15, 0.2) is 11.5 Å². The molecule has 1 fully saturated rings. The first-order valence-electron chi connectivity index (χ1n) is 11.4. The predicted octanol–water partition coefficient (Wildman–Crippen LogP) is 4.35. The van der Waals surface area contributed by atoms with Gasteiger partial charge in [-0.15, -0.1) is 0 Å². The van der Waals surface area contributed by atoms with Crippen molar-refractivity contribution in [2.75, 3.05) is 7.11 Å². The molecule has 1 amide bonds. The van der Waals surface area contributed by atoms with Crippen LogP contribution in [0.4, 0.5) is 0 Å². The van der Waals surface area contributed by atoms with Crippen molar-refractivity contribution < 1.29 is 29.3 Å². The van der Waals surface area contributed by atoms with Crippen molar-refractivity contribution in [3.05, 3.63) is 94.6 Å². The lowest BCUT2D eigenvalue weighted by Gasteiger charge is -2.26. The number of hydrogen-bond acceptors (Lipinski definition) is 6. The van der Waals surface area contributed by atoms with Crippen LogP contribution in [0, 0.1) is 0 Å². The third-order valence-corrected chi connectivity index (χ3v) is 6.42. The number of amides is 1. The van der Waals surface area contributed by atoms with Crippen LogP contribution in [0.25, 0.3) is 5.76 Å². The van der Waals surface area contributed by atoms with Crippen LogP contribution in [0.2, 0.25) is 0 Å². The quantitative estimate of drug-likeness (QED) is 0.326. The van der Waals surface area contributed by atoms with Crippen LogP contribution in [-0.4, -0.2) is 40.0 Å². The molecular weight excluding hydrogens is 446 g/mol. The zero-order chi connectivity index (χ0) is 24.7. The molecule has 0 unspecified atom stereocenters. The molecule has 0 aromatic heterocycles. The van der Waals surface area contributed by atoms with E-state index in [-0.39, 0.29) is 35.5 Å². The minimum Gasteiger partial charge on any atom is -0.507 e. The number of phenolic OH excluding ortho intramolecular Hbond substituents is 1. The molecule has 0 saturated carbocycles. The average Bonchev–Trinajstić information content (AvgIpc) is 3.35. The summed E-state index contributed by atoms with van der Waals surface area (Å²) in [7, 11) is 1.42. The number of aliphatic hydroxyl groups is 1. The maximum Gasteiger partial charge on any atom is 0.295 e. The standard InChI is InChI=1S/C28H25NO6/c1-16-12-20-13-19(9-11-22(20)35-16)26(31)24-25(18-8-10-21(30)23(14-18)34-2)29(28(33)27(24)32)15-17-6-4-3-5-7-17/h3-11,13-14,16,25,30-31H,12,15H2,1-2H3/b26-24+/t16-,25-/m0/s1. The third kappa shape index (κ3) is 3.99. The summed E-state index contributed by atoms with van der Waals surface area (Å²) in [6.07, 6.45) is 0.723. The van der Waals surface area contributed by atoms with E-state index in [0.717, 1.165) is 16.9 Å². The maximum absolute atomic E-state index is 13.3. The molecule has 5 rings (SSSR count). The van der Waals surface area contributed by atoms with Crippen molar-refractivity contribution in [1.82, 2.24) is 4.90 Å². The van der Waals surface area contributed by atoms with E-state index in [1.165, 1.54) is 18.1 Å². The minimum atomic E-state index is -0.867. The Hall–Kier alpha value is -4.26. The van der Waals surface area contributed by atoms with Gasteiger partial charge in [0.05, 0.1) is 18.7 Å². The monoisotopic (exact) mass is 471 g/mol. The lowest BCUT2D eigenvalue weighted by molar-refractivity contribution is -0.140. The fraction of sp³-hybridized carbons (Fsp3) is 0.214. The van der Waals surface area contributed by atoms with E-state index in [2.05, 4.69) is 0 Å². The Morgan fingerprint density at radius 1 is 1.09 bits per heavy atom. The summed E-state index contributed by atoms with van der Waals surface area (Å²) in [6.45, 7) is 2.14. The molecule has 3 aromatic rings. The molecule has 7 heteroatoms. The van der Waals surface area contributed by atoms with Crippen molar-refractivity contribution in [3.63, 3.8) is 0 Å². The maximum atomic E-state index is 13.3. The number of likely N-dealkylation sites (tertiary alicyclic amines) is 1. The molecule has 2 aliphatic heterocycles. The summed E-state index contributed by atoms with van der Waals surface area (Å²) in [4.78, 5) is 28.0. The van der Waals surface area contributed by atoms with Crippen molar-refractivity contribution in [1.29, 1.82) is 0 Å². The lowest BCUT2D eigenvalue weighted by Crippen LogP contribution is -2.29. The number of carbonyl (C=O) groups excluding carboxylic acids is 2. The Balaban J connectivity index is 1.65. The summed E-state index contributed by atoms with van der Waals surface area (Å²) >= 11 is 0. The SMILES string of the molecule is COc1cc([C@H]2/C(=C(\O)c3ccc4c(c3)C[C@H](C)O4)C(=O)C(=O)N2Cc2ccccc2)ccc1O. The fourth-order valence-electron chi connectivity index (χ4n) is 4.76. The third-order valence-electron chi connectivity index (χ3n) is 6.42. The zero-order valence-electron chi connectivity index (χ0n) is 19.4. The number of ketones is 1. The highest BCUT2D eigenvalue weighted by atomic mass is 16.5. The molecule has 35 heavy (non-hydrogen) atoms. The summed E-state index contributed by atoms with van der Waals surface area (Å²) in [5, 5.41) is 21.5. The summed E-state index contributed by atoms with van der Waals surface area (Å²) in [5.41, 5.74) is 2.74. The van der Waals surface area contributed by atoms with Crippen LogP contribution in [0.1, 0.15) is 35.2 Å². The molecular formula is C28H25NO6. The van der Waals surface area contributed by atoms with Gasteiger partial charge in [-0.25, -0.2) is 0 Å². The van der Waals surface area contributed by atoms with Crippen LogP contribution in [0.15, 0.2) is 72.3 Å². The number of fused-ring (bicyclic) bond motifs is 1.